The first kappa shape index (κ1) is 11.8. The van der Waals surface area contributed by atoms with Crippen LogP contribution >= 0.6 is 45.3 Å². The van der Waals surface area contributed by atoms with Gasteiger partial charge in [-0.1, -0.05) is 0 Å². The Balaban J connectivity index is 1.96. The summed E-state index contributed by atoms with van der Waals surface area (Å²) in [4.78, 5) is 12.7. The molecule has 0 saturated carbocycles. The lowest BCUT2D eigenvalue weighted by atomic mass is 10.5. The third kappa shape index (κ3) is 2.16. The molecule has 0 spiro atoms. The maximum atomic E-state index is 8.72. The van der Waals surface area contributed by atoms with Crippen molar-refractivity contribution in [1.29, 1.82) is 5.26 Å². The Morgan fingerprint density at radius 1 is 1.17 bits per heavy atom. The van der Waals surface area contributed by atoms with E-state index in [-0.39, 0.29) is 0 Å². The standard InChI is InChI=1S/C10H3IN4OS2/c11-10-15-7(4-18-10)8-14-6(2-16-8)9-13-5(1-12)3-17-9/h2-4H. The number of aromatic nitrogens is 3. The van der Waals surface area contributed by atoms with Crippen LogP contribution in [0.2, 0.25) is 0 Å². The van der Waals surface area contributed by atoms with E-state index in [4.69, 9.17) is 9.68 Å². The first-order valence-corrected chi connectivity index (χ1v) is 7.53. The van der Waals surface area contributed by atoms with E-state index in [9.17, 15) is 0 Å². The molecular weight excluding hydrogens is 383 g/mol. The van der Waals surface area contributed by atoms with Crippen LogP contribution in [-0.4, -0.2) is 15.0 Å². The quantitative estimate of drug-likeness (QED) is 0.631. The van der Waals surface area contributed by atoms with Crippen molar-refractivity contribution in [3.05, 3.63) is 25.7 Å². The van der Waals surface area contributed by atoms with Crippen molar-refractivity contribution < 1.29 is 4.42 Å². The molecule has 0 bridgehead atoms. The van der Waals surface area contributed by atoms with Crippen molar-refractivity contribution in [2.75, 3.05) is 0 Å². The van der Waals surface area contributed by atoms with Crippen molar-refractivity contribution in [3.8, 4) is 28.4 Å². The molecule has 5 nitrogen and oxygen atoms in total. The summed E-state index contributed by atoms with van der Waals surface area (Å²) in [6, 6.07) is 1.99. The second kappa shape index (κ2) is 4.75. The summed E-state index contributed by atoms with van der Waals surface area (Å²) in [6.45, 7) is 0. The average Bonchev–Trinajstić information content (AvgIpc) is 3.07. The minimum absolute atomic E-state index is 0.391. The maximum absolute atomic E-state index is 8.72. The zero-order chi connectivity index (χ0) is 12.5. The van der Waals surface area contributed by atoms with Gasteiger partial charge in [0.05, 0.1) is 0 Å². The minimum Gasteiger partial charge on any atom is -0.443 e. The van der Waals surface area contributed by atoms with Crippen LogP contribution in [-0.2, 0) is 0 Å². The van der Waals surface area contributed by atoms with Gasteiger partial charge in [-0.25, -0.2) is 15.0 Å². The molecule has 18 heavy (non-hydrogen) atoms. The molecule has 0 aliphatic carbocycles. The Labute approximate surface area is 123 Å². The fourth-order valence-electron chi connectivity index (χ4n) is 1.28. The number of thiazole rings is 2. The van der Waals surface area contributed by atoms with Gasteiger partial charge in [-0.05, 0) is 22.6 Å². The summed E-state index contributed by atoms with van der Waals surface area (Å²) >= 11 is 5.04. The number of halogens is 1. The third-order valence-electron chi connectivity index (χ3n) is 2.04. The van der Waals surface area contributed by atoms with Gasteiger partial charge in [0.1, 0.15) is 28.7 Å². The molecule has 3 aromatic rings. The van der Waals surface area contributed by atoms with E-state index in [0.717, 1.165) is 3.01 Å². The highest BCUT2D eigenvalue weighted by atomic mass is 127. The smallest absolute Gasteiger partial charge is 0.246 e. The molecule has 0 N–H and O–H groups in total. The molecule has 8 heteroatoms. The Kier molecular flexibility index (Phi) is 3.11. The van der Waals surface area contributed by atoms with Gasteiger partial charge in [-0.15, -0.1) is 22.7 Å². The third-order valence-corrected chi connectivity index (χ3v) is 4.53. The van der Waals surface area contributed by atoms with Crippen molar-refractivity contribution in [2.24, 2.45) is 0 Å². The molecule has 0 unspecified atom stereocenters. The molecule has 0 fully saturated rings. The average molecular weight is 386 g/mol. The number of hydrogen-bond donors (Lipinski definition) is 0. The number of oxazole rings is 1. The van der Waals surface area contributed by atoms with Crippen molar-refractivity contribution in [3.63, 3.8) is 0 Å². The second-order valence-corrected chi connectivity index (χ2v) is 6.64. The fourth-order valence-corrected chi connectivity index (χ4v) is 3.13. The van der Waals surface area contributed by atoms with Crippen molar-refractivity contribution in [1.82, 2.24) is 15.0 Å². The molecule has 3 heterocycles. The van der Waals surface area contributed by atoms with Crippen LogP contribution in [0.1, 0.15) is 5.69 Å². The molecule has 0 aliphatic rings. The predicted molar refractivity (Wildman–Crippen MR) is 76.2 cm³/mol. The number of nitriles is 1. The van der Waals surface area contributed by atoms with Crippen LogP contribution in [0.4, 0.5) is 0 Å². The Bertz CT molecular complexity index is 739. The molecule has 0 atom stereocenters. The summed E-state index contributed by atoms with van der Waals surface area (Å²) < 4.78 is 6.31. The van der Waals surface area contributed by atoms with E-state index in [2.05, 4.69) is 37.5 Å². The van der Waals surface area contributed by atoms with Gasteiger partial charge in [0, 0.05) is 10.8 Å². The molecule has 3 aromatic heterocycles. The number of nitrogens with zero attached hydrogens (tertiary/aromatic N) is 4. The first-order valence-electron chi connectivity index (χ1n) is 4.69. The molecule has 3 rings (SSSR count). The van der Waals surface area contributed by atoms with E-state index in [1.165, 1.54) is 28.9 Å². The summed E-state index contributed by atoms with van der Waals surface area (Å²) in [7, 11) is 0. The van der Waals surface area contributed by atoms with Gasteiger partial charge in [0.2, 0.25) is 5.89 Å². The SMILES string of the molecule is N#Cc1csc(-c2coc(-c3csc(I)n3)n2)n1. The molecule has 0 radical (unpaired) electrons. The van der Waals surface area contributed by atoms with Gasteiger partial charge < -0.3 is 4.42 Å². The molecule has 0 amide bonds. The van der Waals surface area contributed by atoms with E-state index in [1.807, 2.05) is 11.4 Å². The number of rotatable bonds is 2. The van der Waals surface area contributed by atoms with E-state index in [0.29, 0.717) is 28.0 Å². The number of hydrogen-bond acceptors (Lipinski definition) is 7. The van der Waals surface area contributed by atoms with Gasteiger partial charge in [-0.3, -0.25) is 0 Å². The Morgan fingerprint density at radius 2 is 2.06 bits per heavy atom. The molecule has 0 aromatic carbocycles. The molecular formula is C10H3IN4OS2. The van der Waals surface area contributed by atoms with Crippen LogP contribution in [0.25, 0.3) is 22.3 Å². The summed E-state index contributed by atoms with van der Waals surface area (Å²) in [6.07, 6.45) is 1.53. The normalized spacial score (nSPS) is 10.4. The fraction of sp³-hybridized carbons (Fsp3) is 0. The van der Waals surface area contributed by atoms with Gasteiger partial charge in [0.25, 0.3) is 0 Å². The van der Waals surface area contributed by atoms with Gasteiger partial charge >= 0.3 is 0 Å². The first-order chi connectivity index (χ1) is 8.76. The highest BCUT2D eigenvalue weighted by Crippen LogP contribution is 2.27. The van der Waals surface area contributed by atoms with Crippen molar-refractivity contribution in [2.45, 2.75) is 0 Å². The molecule has 88 valence electrons. The largest absolute Gasteiger partial charge is 0.443 e. The van der Waals surface area contributed by atoms with Crippen LogP contribution in [0.15, 0.2) is 21.4 Å². The zero-order valence-corrected chi connectivity index (χ0v) is 12.4. The van der Waals surface area contributed by atoms with Crippen molar-refractivity contribution >= 4 is 45.3 Å². The minimum atomic E-state index is 0.391. The lowest BCUT2D eigenvalue weighted by Crippen LogP contribution is -1.80. The van der Waals surface area contributed by atoms with E-state index >= 15 is 0 Å². The highest BCUT2D eigenvalue weighted by Gasteiger charge is 2.13. The second-order valence-electron chi connectivity index (χ2n) is 3.17. The van der Waals surface area contributed by atoms with Gasteiger partial charge in [-0.2, -0.15) is 5.26 Å². The van der Waals surface area contributed by atoms with E-state index < -0.39 is 0 Å². The monoisotopic (exact) mass is 386 g/mol. The van der Waals surface area contributed by atoms with Crippen LogP contribution in [0.3, 0.4) is 0 Å². The topological polar surface area (TPSA) is 75.6 Å². The summed E-state index contributed by atoms with van der Waals surface area (Å²) in [5.41, 5.74) is 1.73. The predicted octanol–water partition coefficient (Wildman–Crippen LogP) is 3.40. The Hall–Kier alpha value is -1.31. The summed E-state index contributed by atoms with van der Waals surface area (Å²) in [5, 5.41) is 13.0. The van der Waals surface area contributed by atoms with Crippen LogP contribution in [0.5, 0.6) is 0 Å². The van der Waals surface area contributed by atoms with E-state index in [1.54, 1.807) is 5.38 Å². The molecule has 0 aliphatic heterocycles. The van der Waals surface area contributed by atoms with Gasteiger partial charge in [0.15, 0.2) is 8.71 Å². The lowest BCUT2D eigenvalue weighted by molar-refractivity contribution is 0.573. The highest BCUT2D eigenvalue weighted by molar-refractivity contribution is 14.1. The maximum Gasteiger partial charge on any atom is 0.246 e. The lowest BCUT2D eigenvalue weighted by Gasteiger charge is -1.85. The Morgan fingerprint density at radius 3 is 2.72 bits per heavy atom. The van der Waals surface area contributed by atoms with Crippen LogP contribution < -0.4 is 0 Å². The summed E-state index contributed by atoms with van der Waals surface area (Å²) in [5.74, 6) is 0.470. The van der Waals surface area contributed by atoms with Crippen LogP contribution in [0, 0.1) is 14.3 Å². The molecule has 0 saturated heterocycles. The zero-order valence-electron chi connectivity index (χ0n) is 8.62.